The first-order valence-electron chi connectivity index (χ1n) is 7.60. The van der Waals surface area contributed by atoms with E-state index in [0.29, 0.717) is 35.5 Å². The molecule has 2 N–H and O–H groups in total. The Bertz CT molecular complexity index is 665. The lowest BCUT2D eigenvalue weighted by Gasteiger charge is -2.12. The Hall–Kier alpha value is -2.26. The second-order valence-corrected chi connectivity index (χ2v) is 6.29. The molecule has 1 aliphatic heterocycles. The van der Waals surface area contributed by atoms with E-state index in [-0.39, 0.29) is 18.2 Å². The molecule has 0 saturated carbocycles. The Kier molecular flexibility index (Phi) is 7.08. The van der Waals surface area contributed by atoms with Crippen molar-refractivity contribution in [1.29, 1.82) is 0 Å². The van der Waals surface area contributed by atoms with Gasteiger partial charge in [-0.1, -0.05) is 11.8 Å². The molecule has 0 aliphatic carbocycles. The first kappa shape index (κ1) is 19.1. The first-order valence-corrected chi connectivity index (χ1v) is 8.48. The zero-order valence-electron chi connectivity index (χ0n) is 14.3. The number of benzene rings is 1. The molecule has 0 radical (unpaired) electrons. The Morgan fingerprint density at radius 1 is 1.32 bits per heavy atom. The number of carbonyl (C=O) groups is 2. The van der Waals surface area contributed by atoms with E-state index in [9.17, 15) is 9.59 Å². The summed E-state index contributed by atoms with van der Waals surface area (Å²) in [4.78, 5) is 28.5. The third-order valence-corrected chi connectivity index (χ3v) is 4.50. The van der Waals surface area contributed by atoms with E-state index in [1.54, 1.807) is 25.3 Å². The van der Waals surface area contributed by atoms with Crippen molar-refractivity contribution in [2.75, 3.05) is 39.8 Å². The largest absolute Gasteiger partial charge is 0.497 e. The summed E-state index contributed by atoms with van der Waals surface area (Å²) in [6.07, 6.45) is 0.0279. The van der Waals surface area contributed by atoms with E-state index in [1.807, 2.05) is 0 Å². The van der Waals surface area contributed by atoms with Crippen LogP contribution in [0.25, 0.3) is 0 Å². The highest BCUT2D eigenvalue weighted by Crippen LogP contribution is 2.30. The molecule has 1 saturated heterocycles. The molecule has 0 bridgehead atoms. The number of amides is 2. The summed E-state index contributed by atoms with van der Waals surface area (Å²) in [6, 6.07) is 5.10. The summed E-state index contributed by atoms with van der Waals surface area (Å²) in [5.41, 5.74) is 0.490. The fraction of sp³-hybridized carbons (Fsp3) is 0.438. The lowest BCUT2D eigenvalue weighted by atomic mass is 10.2. The van der Waals surface area contributed by atoms with E-state index in [0.717, 1.165) is 0 Å². The fourth-order valence-corrected chi connectivity index (χ4v) is 3.13. The molecular weight excluding hydrogens is 346 g/mol. The van der Waals surface area contributed by atoms with Crippen molar-refractivity contribution in [2.45, 2.75) is 11.7 Å². The standard InChI is InChI=1S/C16H21N3O5S/c1-22-7-6-17-16-19-15(21)13(25-16)9-14(20)18-11-8-10(23-2)4-5-12(11)24-3/h4-5,8,13H,6-7,9H2,1-3H3,(H,18,20)(H,17,19,21)/t13-/m0/s1. The molecule has 9 heteroatoms. The van der Waals surface area contributed by atoms with Crippen molar-refractivity contribution in [1.82, 2.24) is 5.32 Å². The molecule has 0 aromatic heterocycles. The van der Waals surface area contributed by atoms with Gasteiger partial charge in [-0.05, 0) is 12.1 Å². The third-order valence-electron chi connectivity index (χ3n) is 3.38. The van der Waals surface area contributed by atoms with Crippen LogP contribution in [-0.4, -0.2) is 56.7 Å². The number of aliphatic imine (C=N–C) groups is 1. The summed E-state index contributed by atoms with van der Waals surface area (Å²) in [7, 11) is 4.64. The molecular formula is C16H21N3O5S. The van der Waals surface area contributed by atoms with Crippen LogP contribution in [0.15, 0.2) is 23.2 Å². The van der Waals surface area contributed by atoms with Gasteiger partial charge in [-0.2, -0.15) is 0 Å². The first-order chi connectivity index (χ1) is 12.1. The smallest absolute Gasteiger partial charge is 0.240 e. The molecule has 1 aromatic carbocycles. The van der Waals surface area contributed by atoms with Crippen LogP contribution < -0.4 is 20.1 Å². The number of carbonyl (C=O) groups excluding carboxylic acids is 2. The molecule has 0 unspecified atom stereocenters. The average Bonchev–Trinajstić information content (AvgIpc) is 2.94. The van der Waals surface area contributed by atoms with Crippen LogP contribution in [0.2, 0.25) is 0 Å². The minimum atomic E-state index is -0.516. The zero-order valence-corrected chi connectivity index (χ0v) is 15.1. The summed E-state index contributed by atoms with van der Waals surface area (Å²) in [6.45, 7) is 0.930. The Labute approximate surface area is 150 Å². The Balaban J connectivity index is 1.96. The molecule has 25 heavy (non-hydrogen) atoms. The number of rotatable bonds is 8. The zero-order chi connectivity index (χ0) is 18.2. The van der Waals surface area contributed by atoms with Gasteiger partial charge in [0.2, 0.25) is 11.8 Å². The van der Waals surface area contributed by atoms with Gasteiger partial charge in [0.1, 0.15) is 16.7 Å². The molecule has 8 nitrogen and oxygen atoms in total. The SMILES string of the molecule is COCCN=C1NC(=O)[C@H](CC(=O)Nc2cc(OC)ccc2OC)S1. The van der Waals surface area contributed by atoms with Crippen LogP contribution in [0.3, 0.4) is 0 Å². The van der Waals surface area contributed by atoms with Crippen LogP contribution in [0, 0.1) is 0 Å². The Morgan fingerprint density at radius 2 is 2.12 bits per heavy atom. The van der Waals surface area contributed by atoms with E-state index >= 15 is 0 Å². The van der Waals surface area contributed by atoms with E-state index in [1.165, 1.54) is 26.0 Å². The highest BCUT2D eigenvalue weighted by molar-refractivity contribution is 8.15. The lowest BCUT2D eigenvalue weighted by molar-refractivity contribution is -0.122. The predicted octanol–water partition coefficient (Wildman–Crippen LogP) is 1.27. The van der Waals surface area contributed by atoms with Gasteiger partial charge in [-0.15, -0.1) is 0 Å². The van der Waals surface area contributed by atoms with Crippen molar-refractivity contribution in [2.24, 2.45) is 4.99 Å². The van der Waals surface area contributed by atoms with Gasteiger partial charge < -0.3 is 24.8 Å². The van der Waals surface area contributed by atoms with Gasteiger partial charge in [-0.3, -0.25) is 14.6 Å². The molecule has 1 atom stereocenters. The van der Waals surface area contributed by atoms with Crippen molar-refractivity contribution < 1.29 is 23.8 Å². The molecule has 1 aromatic rings. The van der Waals surface area contributed by atoms with Crippen LogP contribution in [0.4, 0.5) is 5.69 Å². The Morgan fingerprint density at radius 3 is 2.80 bits per heavy atom. The molecule has 2 amide bonds. The minimum absolute atomic E-state index is 0.0279. The van der Waals surface area contributed by atoms with Crippen LogP contribution in [0.1, 0.15) is 6.42 Å². The van der Waals surface area contributed by atoms with E-state index in [2.05, 4.69) is 15.6 Å². The van der Waals surface area contributed by atoms with Gasteiger partial charge in [0, 0.05) is 19.6 Å². The topological polar surface area (TPSA) is 98.2 Å². The lowest BCUT2D eigenvalue weighted by Crippen LogP contribution is -2.28. The van der Waals surface area contributed by atoms with Crippen molar-refractivity contribution in [3.05, 3.63) is 18.2 Å². The van der Waals surface area contributed by atoms with Crippen LogP contribution in [-0.2, 0) is 14.3 Å². The molecule has 2 rings (SSSR count). The van der Waals surface area contributed by atoms with E-state index < -0.39 is 5.25 Å². The average molecular weight is 367 g/mol. The predicted molar refractivity (Wildman–Crippen MR) is 96.5 cm³/mol. The molecule has 1 fully saturated rings. The molecule has 136 valence electrons. The number of nitrogens with zero attached hydrogens (tertiary/aromatic N) is 1. The van der Waals surface area contributed by atoms with Gasteiger partial charge in [-0.25, -0.2) is 0 Å². The van der Waals surface area contributed by atoms with Gasteiger partial charge >= 0.3 is 0 Å². The van der Waals surface area contributed by atoms with Crippen LogP contribution >= 0.6 is 11.8 Å². The number of hydrogen-bond acceptors (Lipinski definition) is 7. The van der Waals surface area contributed by atoms with Gasteiger partial charge in [0.25, 0.3) is 0 Å². The van der Waals surface area contributed by atoms with E-state index in [4.69, 9.17) is 14.2 Å². The summed E-state index contributed by atoms with van der Waals surface area (Å²) >= 11 is 1.24. The molecule has 0 spiro atoms. The number of amidine groups is 1. The number of nitrogens with one attached hydrogen (secondary N) is 2. The normalized spacial score (nSPS) is 18.1. The van der Waals surface area contributed by atoms with Gasteiger partial charge in [0.05, 0.1) is 33.1 Å². The highest BCUT2D eigenvalue weighted by Gasteiger charge is 2.32. The number of hydrogen-bond donors (Lipinski definition) is 2. The maximum Gasteiger partial charge on any atom is 0.240 e. The quantitative estimate of drug-likeness (QED) is 0.672. The third kappa shape index (κ3) is 5.36. The summed E-state index contributed by atoms with van der Waals surface area (Å²) < 4.78 is 15.3. The van der Waals surface area contributed by atoms with Crippen LogP contribution in [0.5, 0.6) is 11.5 Å². The van der Waals surface area contributed by atoms with Crippen molar-refractivity contribution in [3.63, 3.8) is 0 Å². The minimum Gasteiger partial charge on any atom is -0.497 e. The number of anilines is 1. The highest BCUT2D eigenvalue weighted by atomic mass is 32.2. The summed E-state index contributed by atoms with van der Waals surface area (Å²) in [5, 5.41) is 5.42. The monoisotopic (exact) mass is 367 g/mol. The second-order valence-electron chi connectivity index (χ2n) is 5.09. The van der Waals surface area contributed by atoms with Crippen molar-refractivity contribution in [3.8, 4) is 11.5 Å². The molecule has 1 heterocycles. The maximum atomic E-state index is 12.3. The van der Waals surface area contributed by atoms with Gasteiger partial charge in [0.15, 0.2) is 5.17 Å². The molecule has 1 aliphatic rings. The summed E-state index contributed by atoms with van der Waals surface area (Å²) in [5.74, 6) is 0.586. The van der Waals surface area contributed by atoms with Crippen molar-refractivity contribution >= 4 is 34.4 Å². The fourth-order valence-electron chi connectivity index (χ4n) is 2.13. The second kappa shape index (κ2) is 9.28. The number of methoxy groups -OCH3 is 3. The number of thioether (sulfide) groups is 1. The number of ether oxygens (including phenoxy) is 3. The maximum absolute atomic E-state index is 12.3.